The van der Waals surface area contributed by atoms with Gasteiger partial charge in [-0.1, -0.05) is 59.1 Å². The maximum absolute atomic E-state index is 13.4. The first-order chi connectivity index (χ1) is 16.3. The molecule has 0 aliphatic heterocycles. The lowest BCUT2D eigenvalue weighted by Gasteiger charge is -2.13. The van der Waals surface area contributed by atoms with E-state index in [2.05, 4.69) is 5.32 Å². The smallest absolute Gasteiger partial charge is 0.310 e. The lowest BCUT2D eigenvalue weighted by Crippen LogP contribution is -2.22. The third-order valence-corrected chi connectivity index (χ3v) is 7.61. The summed E-state index contributed by atoms with van der Waals surface area (Å²) in [5.74, 6) is -1.15. The number of hydrogen-bond donors (Lipinski definition) is 1. The SMILES string of the molecule is Cc1ccc(C(=O)c2c(NC(=O)COC(=O)Cc3ccc(Cl)c(Cl)c3)sc3c2CCCC3)cc1. The maximum Gasteiger partial charge on any atom is 0.310 e. The molecule has 2 aromatic carbocycles. The Kier molecular flexibility index (Phi) is 7.71. The Morgan fingerprint density at radius 3 is 2.47 bits per heavy atom. The first-order valence-corrected chi connectivity index (χ1v) is 12.5. The molecule has 0 fully saturated rings. The zero-order chi connectivity index (χ0) is 24.2. The molecule has 1 aliphatic rings. The van der Waals surface area contributed by atoms with E-state index in [-0.39, 0.29) is 12.2 Å². The predicted molar refractivity (Wildman–Crippen MR) is 135 cm³/mol. The Morgan fingerprint density at radius 2 is 1.74 bits per heavy atom. The summed E-state index contributed by atoms with van der Waals surface area (Å²) in [7, 11) is 0. The molecule has 5 nitrogen and oxygen atoms in total. The standard InChI is InChI=1S/C26H23Cl2NO4S/c1-15-6-9-17(10-7-15)25(32)24-18-4-2-3-5-21(18)34-26(24)29-22(30)14-33-23(31)13-16-8-11-19(27)20(28)12-16/h6-12H,2-5,13-14H2,1H3,(H,29,30). The van der Waals surface area contributed by atoms with Crippen LogP contribution in [0.25, 0.3) is 0 Å². The van der Waals surface area contributed by atoms with Crippen molar-refractivity contribution in [3.8, 4) is 0 Å². The first kappa shape index (κ1) is 24.5. The molecular formula is C26H23Cl2NO4S. The van der Waals surface area contributed by atoms with Crippen molar-refractivity contribution in [2.45, 2.75) is 39.0 Å². The molecule has 176 valence electrons. The van der Waals surface area contributed by atoms with Crippen LogP contribution in [0.2, 0.25) is 10.0 Å². The van der Waals surface area contributed by atoms with Crippen LogP contribution in [0, 0.1) is 6.92 Å². The molecule has 0 saturated heterocycles. The Hall–Kier alpha value is -2.67. The van der Waals surface area contributed by atoms with Gasteiger partial charge in [0.15, 0.2) is 12.4 Å². The molecule has 0 saturated carbocycles. The highest BCUT2D eigenvalue weighted by Crippen LogP contribution is 2.39. The summed E-state index contributed by atoms with van der Waals surface area (Å²) in [6.07, 6.45) is 3.74. The van der Waals surface area contributed by atoms with Gasteiger partial charge < -0.3 is 10.1 Å². The molecule has 4 rings (SSSR count). The highest BCUT2D eigenvalue weighted by atomic mass is 35.5. The van der Waals surface area contributed by atoms with Crippen LogP contribution in [0.15, 0.2) is 42.5 Å². The fourth-order valence-electron chi connectivity index (χ4n) is 3.92. The summed E-state index contributed by atoms with van der Waals surface area (Å²) >= 11 is 13.3. The number of hydrogen-bond acceptors (Lipinski definition) is 5. The van der Waals surface area contributed by atoms with E-state index in [9.17, 15) is 14.4 Å². The number of amides is 1. The van der Waals surface area contributed by atoms with E-state index in [1.54, 1.807) is 30.3 Å². The predicted octanol–water partition coefficient (Wildman–Crippen LogP) is 6.20. The minimum atomic E-state index is -0.560. The number of carbonyl (C=O) groups excluding carboxylic acids is 3. The molecule has 0 radical (unpaired) electrons. The number of carbonyl (C=O) groups is 3. The van der Waals surface area contributed by atoms with Crippen LogP contribution in [0.1, 0.15) is 50.3 Å². The van der Waals surface area contributed by atoms with Crippen LogP contribution in [0.4, 0.5) is 5.00 Å². The summed E-state index contributed by atoms with van der Waals surface area (Å²) in [6.45, 7) is 1.52. The van der Waals surface area contributed by atoms with Crippen molar-refractivity contribution in [2.75, 3.05) is 11.9 Å². The van der Waals surface area contributed by atoms with E-state index in [1.165, 1.54) is 11.3 Å². The largest absolute Gasteiger partial charge is 0.455 e. The van der Waals surface area contributed by atoms with Gasteiger partial charge >= 0.3 is 5.97 Å². The zero-order valence-corrected chi connectivity index (χ0v) is 20.9. The second kappa shape index (κ2) is 10.7. The van der Waals surface area contributed by atoms with Crippen LogP contribution < -0.4 is 5.32 Å². The highest BCUT2D eigenvalue weighted by Gasteiger charge is 2.27. The van der Waals surface area contributed by atoms with Gasteiger partial charge in [-0.15, -0.1) is 11.3 Å². The van der Waals surface area contributed by atoms with Crippen molar-refractivity contribution in [3.05, 3.63) is 85.2 Å². The van der Waals surface area contributed by atoms with E-state index in [0.717, 1.165) is 41.7 Å². The molecule has 1 aromatic heterocycles. The van der Waals surface area contributed by atoms with E-state index in [4.69, 9.17) is 27.9 Å². The van der Waals surface area contributed by atoms with Crippen molar-refractivity contribution in [2.24, 2.45) is 0 Å². The minimum absolute atomic E-state index is 0.0331. The van der Waals surface area contributed by atoms with Gasteiger partial charge in [0.25, 0.3) is 5.91 Å². The normalized spacial score (nSPS) is 12.7. The number of aryl methyl sites for hydroxylation is 2. The number of nitrogens with one attached hydrogen (secondary N) is 1. The summed E-state index contributed by atoms with van der Waals surface area (Å²) in [5.41, 5.74) is 3.87. The average molecular weight is 516 g/mol. The zero-order valence-electron chi connectivity index (χ0n) is 18.6. The lowest BCUT2D eigenvalue weighted by atomic mass is 9.91. The molecule has 1 heterocycles. The summed E-state index contributed by atoms with van der Waals surface area (Å²) in [5, 5.41) is 4.07. The van der Waals surface area contributed by atoms with Crippen LogP contribution in [0.5, 0.6) is 0 Å². The second-order valence-corrected chi connectivity index (χ2v) is 10.2. The molecule has 1 amide bonds. The Balaban J connectivity index is 1.45. The van der Waals surface area contributed by atoms with Crippen molar-refractivity contribution < 1.29 is 19.1 Å². The topological polar surface area (TPSA) is 72.5 Å². The number of halogens is 2. The van der Waals surface area contributed by atoms with Gasteiger partial charge in [-0.3, -0.25) is 14.4 Å². The molecule has 1 N–H and O–H groups in total. The third-order valence-electron chi connectivity index (χ3n) is 5.66. The van der Waals surface area contributed by atoms with Gasteiger partial charge in [-0.2, -0.15) is 0 Å². The fraction of sp³-hybridized carbons (Fsp3) is 0.269. The van der Waals surface area contributed by atoms with Crippen molar-refractivity contribution >= 4 is 57.2 Å². The molecular weight excluding hydrogens is 493 g/mol. The quantitative estimate of drug-likeness (QED) is 0.300. The number of anilines is 1. The van der Waals surface area contributed by atoms with E-state index < -0.39 is 18.5 Å². The van der Waals surface area contributed by atoms with E-state index in [1.807, 2.05) is 19.1 Å². The van der Waals surface area contributed by atoms with Gasteiger partial charge in [0.2, 0.25) is 0 Å². The van der Waals surface area contributed by atoms with E-state index >= 15 is 0 Å². The minimum Gasteiger partial charge on any atom is -0.455 e. The molecule has 3 aromatic rings. The number of esters is 1. The van der Waals surface area contributed by atoms with Gasteiger partial charge in [-0.25, -0.2) is 0 Å². The van der Waals surface area contributed by atoms with Crippen molar-refractivity contribution in [1.82, 2.24) is 0 Å². The molecule has 0 bridgehead atoms. The second-order valence-electron chi connectivity index (χ2n) is 8.24. The van der Waals surface area contributed by atoms with Crippen LogP contribution in [0.3, 0.4) is 0 Å². The summed E-state index contributed by atoms with van der Waals surface area (Å²) < 4.78 is 5.14. The van der Waals surface area contributed by atoms with Gasteiger partial charge in [0, 0.05) is 10.4 Å². The van der Waals surface area contributed by atoms with Crippen LogP contribution >= 0.6 is 34.5 Å². The molecule has 1 aliphatic carbocycles. The monoisotopic (exact) mass is 515 g/mol. The molecule has 0 unspecified atom stereocenters. The van der Waals surface area contributed by atoms with Crippen LogP contribution in [-0.4, -0.2) is 24.3 Å². The lowest BCUT2D eigenvalue weighted by molar-refractivity contribution is -0.146. The number of thiophene rings is 1. The van der Waals surface area contributed by atoms with Gasteiger partial charge in [0.05, 0.1) is 22.0 Å². The number of ketones is 1. The Labute approximate surface area is 212 Å². The van der Waals surface area contributed by atoms with Crippen molar-refractivity contribution in [1.29, 1.82) is 0 Å². The first-order valence-electron chi connectivity index (χ1n) is 11.0. The molecule has 34 heavy (non-hydrogen) atoms. The molecule has 0 spiro atoms. The summed E-state index contributed by atoms with van der Waals surface area (Å²) in [6, 6.07) is 12.3. The van der Waals surface area contributed by atoms with Gasteiger partial charge in [-0.05, 0) is 55.9 Å². The molecule has 0 atom stereocenters. The Bertz CT molecular complexity index is 1250. The highest BCUT2D eigenvalue weighted by molar-refractivity contribution is 7.17. The maximum atomic E-state index is 13.4. The fourth-order valence-corrected chi connectivity index (χ4v) is 5.54. The molecule has 8 heteroatoms. The third kappa shape index (κ3) is 5.69. The van der Waals surface area contributed by atoms with Gasteiger partial charge in [0.1, 0.15) is 5.00 Å². The number of ether oxygens (including phenoxy) is 1. The van der Waals surface area contributed by atoms with Crippen LogP contribution in [-0.2, 0) is 33.6 Å². The number of benzene rings is 2. The number of rotatable bonds is 7. The average Bonchev–Trinajstić information content (AvgIpc) is 3.18. The van der Waals surface area contributed by atoms with Crippen molar-refractivity contribution in [3.63, 3.8) is 0 Å². The number of fused-ring (bicyclic) bond motifs is 1. The summed E-state index contributed by atoms with van der Waals surface area (Å²) in [4.78, 5) is 39.3. The Morgan fingerprint density at radius 1 is 1.00 bits per heavy atom. The van der Waals surface area contributed by atoms with E-state index in [0.29, 0.717) is 31.7 Å².